The van der Waals surface area contributed by atoms with E-state index in [0.717, 1.165) is 0 Å². The second-order valence-electron chi connectivity index (χ2n) is 3.46. The summed E-state index contributed by atoms with van der Waals surface area (Å²) in [7, 11) is 0. The average molecular weight is 283 g/mol. The smallest absolute Gasteiger partial charge is 0.411 e. The Morgan fingerprint density at radius 3 is 3.05 bits per heavy atom. The summed E-state index contributed by atoms with van der Waals surface area (Å²) in [6.45, 7) is -0.316. The number of aliphatic hydroxyl groups is 1. The molecule has 0 aliphatic rings. The molecule has 0 aliphatic heterocycles. The zero-order valence-electron chi connectivity index (χ0n) is 9.78. The van der Waals surface area contributed by atoms with Crippen LogP contribution in [0.5, 0.6) is 0 Å². The van der Waals surface area contributed by atoms with Crippen LogP contribution in [0.3, 0.4) is 0 Å². The third-order valence-corrected chi connectivity index (χ3v) is 2.50. The first-order valence-electron chi connectivity index (χ1n) is 5.40. The van der Waals surface area contributed by atoms with Gasteiger partial charge in [0.25, 0.3) is 0 Å². The molecule has 2 aromatic rings. The Kier molecular flexibility index (Phi) is 4.32. The quantitative estimate of drug-likeness (QED) is 0.886. The van der Waals surface area contributed by atoms with Gasteiger partial charge in [0.15, 0.2) is 0 Å². The van der Waals surface area contributed by atoms with Crippen LogP contribution in [0.1, 0.15) is 0 Å². The van der Waals surface area contributed by atoms with Crippen molar-refractivity contribution in [2.75, 3.05) is 18.5 Å². The second kappa shape index (κ2) is 6.17. The fraction of sp³-hybridized carbons (Fsp3) is 0.182. The number of rotatable bonds is 4. The number of carbonyl (C=O) groups is 1. The number of nitrogens with one attached hydrogen (secondary N) is 1. The Labute approximate surface area is 113 Å². The number of aliphatic hydroxyl groups excluding tert-OH is 1. The number of ether oxygens (including phenoxy) is 1. The van der Waals surface area contributed by atoms with Gasteiger partial charge in [-0.3, -0.25) is 5.32 Å². The summed E-state index contributed by atoms with van der Waals surface area (Å²) >= 11 is 6.09. The topological polar surface area (TPSA) is 89.3 Å². The first kappa shape index (κ1) is 13.3. The van der Waals surface area contributed by atoms with Crippen LogP contribution in [0.4, 0.5) is 10.5 Å². The van der Waals surface area contributed by atoms with Gasteiger partial charge in [-0.25, -0.2) is 14.5 Å². The molecule has 1 aromatic carbocycles. The number of carbonyl (C=O) groups excluding carboxylic acids is 1. The molecule has 2 N–H and O–H groups in total. The normalized spacial score (nSPS) is 10.2. The van der Waals surface area contributed by atoms with E-state index in [1.807, 2.05) is 0 Å². The molecule has 1 amide bonds. The largest absolute Gasteiger partial charge is 0.447 e. The lowest BCUT2D eigenvalue weighted by molar-refractivity contribution is 0.131. The highest BCUT2D eigenvalue weighted by Crippen LogP contribution is 2.27. The van der Waals surface area contributed by atoms with Crippen molar-refractivity contribution in [1.29, 1.82) is 0 Å². The molecule has 2 rings (SSSR count). The highest BCUT2D eigenvalue weighted by atomic mass is 35.5. The van der Waals surface area contributed by atoms with Crippen LogP contribution in [-0.2, 0) is 4.74 Å². The van der Waals surface area contributed by atoms with Crippen LogP contribution in [-0.4, -0.2) is 39.2 Å². The van der Waals surface area contributed by atoms with Gasteiger partial charge >= 0.3 is 6.09 Å². The monoisotopic (exact) mass is 282 g/mol. The van der Waals surface area contributed by atoms with Gasteiger partial charge in [-0.05, 0) is 12.1 Å². The molecule has 8 heteroatoms. The summed E-state index contributed by atoms with van der Waals surface area (Å²) in [6, 6.07) is 5.01. The molecule has 1 aromatic heterocycles. The van der Waals surface area contributed by atoms with Crippen LogP contribution in [0, 0.1) is 0 Å². The summed E-state index contributed by atoms with van der Waals surface area (Å²) in [6.07, 6.45) is 2.14. The fourth-order valence-electron chi connectivity index (χ4n) is 1.46. The van der Waals surface area contributed by atoms with E-state index in [0.29, 0.717) is 16.4 Å². The minimum Gasteiger partial charge on any atom is -0.447 e. The fourth-order valence-corrected chi connectivity index (χ4v) is 1.72. The minimum atomic E-state index is -0.683. The molecular weight excluding hydrogens is 272 g/mol. The van der Waals surface area contributed by atoms with E-state index in [-0.39, 0.29) is 13.2 Å². The number of benzene rings is 1. The number of nitrogens with zero attached hydrogens (tertiary/aromatic N) is 3. The van der Waals surface area contributed by atoms with E-state index in [1.54, 1.807) is 18.2 Å². The summed E-state index contributed by atoms with van der Waals surface area (Å²) < 4.78 is 6.15. The van der Waals surface area contributed by atoms with Gasteiger partial charge in [0, 0.05) is 0 Å². The Morgan fingerprint density at radius 1 is 1.53 bits per heavy atom. The number of para-hydroxylation sites is 1. The van der Waals surface area contributed by atoms with Gasteiger partial charge in [0.05, 0.1) is 17.3 Å². The molecule has 0 saturated heterocycles. The van der Waals surface area contributed by atoms with E-state index < -0.39 is 6.09 Å². The van der Waals surface area contributed by atoms with Crippen molar-refractivity contribution < 1.29 is 14.6 Å². The Bertz CT molecular complexity index is 559. The van der Waals surface area contributed by atoms with Crippen molar-refractivity contribution in [3.8, 4) is 5.69 Å². The SMILES string of the molecule is O=C(Nc1cccc(Cl)c1-n1cncn1)OCCO. The van der Waals surface area contributed by atoms with Crippen LogP contribution in [0.2, 0.25) is 5.02 Å². The summed E-state index contributed by atoms with van der Waals surface area (Å²) in [4.78, 5) is 15.3. The Morgan fingerprint density at radius 2 is 2.37 bits per heavy atom. The highest BCUT2D eigenvalue weighted by molar-refractivity contribution is 6.33. The zero-order valence-corrected chi connectivity index (χ0v) is 10.5. The third kappa shape index (κ3) is 3.21. The Balaban J connectivity index is 2.26. The van der Waals surface area contributed by atoms with Crippen LogP contribution >= 0.6 is 11.6 Å². The number of hydrogen-bond acceptors (Lipinski definition) is 5. The van der Waals surface area contributed by atoms with E-state index in [2.05, 4.69) is 15.4 Å². The van der Waals surface area contributed by atoms with Crippen molar-refractivity contribution in [3.05, 3.63) is 35.9 Å². The van der Waals surface area contributed by atoms with Crippen molar-refractivity contribution in [2.45, 2.75) is 0 Å². The molecule has 0 fully saturated rings. The maximum Gasteiger partial charge on any atom is 0.411 e. The van der Waals surface area contributed by atoms with Gasteiger partial charge in [-0.2, -0.15) is 5.10 Å². The van der Waals surface area contributed by atoms with Crippen LogP contribution in [0.25, 0.3) is 5.69 Å². The summed E-state index contributed by atoms with van der Waals surface area (Å²) in [5, 5.41) is 15.5. The minimum absolute atomic E-state index is 0.0783. The molecule has 0 bridgehead atoms. The second-order valence-corrected chi connectivity index (χ2v) is 3.87. The number of halogens is 1. The molecule has 0 atom stereocenters. The first-order valence-corrected chi connectivity index (χ1v) is 5.78. The zero-order chi connectivity index (χ0) is 13.7. The summed E-state index contributed by atoms with van der Waals surface area (Å²) in [5.74, 6) is 0. The van der Waals surface area contributed by atoms with E-state index in [1.165, 1.54) is 17.3 Å². The molecular formula is C11H11ClN4O3. The molecule has 19 heavy (non-hydrogen) atoms. The van der Waals surface area contributed by atoms with Crippen LogP contribution in [0.15, 0.2) is 30.9 Å². The molecule has 0 radical (unpaired) electrons. The first-order chi connectivity index (χ1) is 9.22. The van der Waals surface area contributed by atoms with E-state index in [9.17, 15) is 4.79 Å². The molecule has 1 heterocycles. The number of aromatic nitrogens is 3. The number of hydrogen-bond donors (Lipinski definition) is 2. The predicted molar refractivity (Wildman–Crippen MR) is 68.4 cm³/mol. The molecule has 0 spiro atoms. The van der Waals surface area contributed by atoms with Gasteiger partial charge < -0.3 is 9.84 Å². The number of anilines is 1. The lowest BCUT2D eigenvalue weighted by Gasteiger charge is -2.12. The highest BCUT2D eigenvalue weighted by Gasteiger charge is 2.12. The van der Waals surface area contributed by atoms with Gasteiger partial charge in [0.2, 0.25) is 0 Å². The Hall–Kier alpha value is -2.12. The van der Waals surface area contributed by atoms with Gasteiger partial charge in [0.1, 0.15) is 24.9 Å². The molecule has 0 aliphatic carbocycles. The van der Waals surface area contributed by atoms with Crippen LogP contribution < -0.4 is 5.32 Å². The van der Waals surface area contributed by atoms with E-state index >= 15 is 0 Å². The van der Waals surface area contributed by atoms with Crippen molar-refractivity contribution >= 4 is 23.4 Å². The number of amides is 1. The van der Waals surface area contributed by atoms with Gasteiger partial charge in [-0.15, -0.1) is 0 Å². The van der Waals surface area contributed by atoms with Crippen molar-refractivity contribution in [1.82, 2.24) is 14.8 Å². The van der Waals surface area contributed by atoms with Crippen molar-refractivity contribution in [2.24, 2.45) is 0 Å². The van der Waals surface area contributed by atoms with Gasteiger partial charge in [-0.1, -0.05) is 17.7 Å². The average Bonchev–Trinajstić information content (AvgIpc) is 2.90. The molecule has 0 saturated carbocycles. The molecule has 7 nitrogen and oxygen atoms in total. The van der Waals surface area contributed by atoms with Crippen molar-refractivity contribution in [3.63, 3.8) is 0 Å². The lowest BCUT2D eigenvalue weighted by atomic mass is 10.2. The lowest BCUT2D eigenvalue weighted by Crippen LogP contribution is -2.17. The standard InChI is InChI=1S/C11H11ClN4O3/c12-8-2-1-3-9(15-11(18)19-5-4-17)10(8)16-7-13-6-14-16/h1-3,6-7,17H,4-5H2,(H,15,18). The molecule has 0 unspecified atom stereocenters. The molecule has 100 valence electrons. The van der Waals surface area contributed by atoms with E-state index in [4.69, 9.17) is 21.4 Å². The third-order valence-electron chi connectivity index (χ3n) is 2.20. The predicted octanol–water partition coefficient (Wildman–Crippen LogP) is 1.46. The summed E-state index contributed by atoms with van der Waals surface area (Å²) in [5.41, 5.74) is 0.920. The maximum atomic E-state index is 11.5. The maximum absolute atomic E-state index is 11.5.